The number of nitrogen functional groups attached to an aromatic ring is 1. The van der Waals surface area contributed by atoms with Crippen molar-refractivity contribution in [1.29, 1.82) is 0 Å². The highest BCUT2D eigenvalue weighted by atomic mass is 16.5. The van der Waals surface area contributed by atoms with E-state index >= 15 is 0 Å². The third-order valence-electron chi connectivity index (χ3n) is 4.77. The Labute approximate surface area is 114 Å². The molecule has 3 nitrogen and oxygen atoms in total. The van der Waals surface area contributed by atoms with E-state index in [2.05, 4.69) is 0 Å². The van der Waals surface area contributed by atoms with Gasteiger partial charge in [0.15, 0.2) is 0 Å². The lowest BCUT2D eigenvalue weighted by atomic mass is 9.80. The van der Waals surface area contributed by atoms with Gasteiger partial charge in [-0.25, -0.2) is 0 Å². The summed E-state index contributed by atoms with van der Waals surface area (Å²) in [6, 6.07) is 7.61. The zero-order valence-corrected chi connectivity index (χ0v) is 11.3. The second kappa shape index (κ2) is 5.14. The molecule has 0 bridgehead atoms. The number of ether oxygens (including phenoxy) is 1. The van der Waals surface area contributed by atoms with Crippen LogP contribution in [0, 0.1) is 5.92 Å². The van der Waals surface area contributed by atoms with Crippen molar-refractivity contribution >= 4 is 5.69 Å². The molecule has 1 saturated heterocycles. The molecule has 1 aromatic rings. The maximum atomic E-state index is 10.6. The summed E-state index contributed by atoms with van der Waals surface area (Å²) in [5, 5.41) is 10.6. The molecule has 1 aromatic carbocycles. The van der Waals surface area contributed by atoms with Gasteiger partial charge in [0.25, 0.3) is 0 Å². The quantitative estimate of drug-likeness (QED) is 0.804. The Balaban J connectivity index is 1.72. The van der Waals surface area contributed by atoms with Crippen LogP contribution in [0.1, 0.15) is 50.2 Å². The van der Waals surface area contributed by atoms with E-state index < -0.39 is 0 Å². The van der Waals surface area contributed by atoms with Crippen LogP contribution in [-0.4, -0.2) is 17.3 Å². The predicted octanol–water partition coefficient (Wildman–Crippen LogP) is 3.04. The summed E-state index contributed by atoms with van der Waals surface area (Å²) in [5.41, 5.74) is 7.49. The van der Waals surface area contributed by atoms with Gasteiger partial charge in [-0.2, -0.15) is 0 Å². The topological polar surface area (TPSA) is 55.5 Å². The molecule has 0 radical (unpaired) electrons. The molecule has 1 aliphatic heterocycles. The molecular weight excluding hydrogens is 238 g/mol. The van der Waals surface area contributed by atoms with Gasteiger partial charge in [0.2, 0.25) is 0 Å². The van der Waals surface area contributed by atoms with Gasteiger partial charge in [-0.3, -0.25) is 0 Å². The average molecular weight is 261 g/mol. The van der Waals surface area contributed by atoms with Crippen molar-refractivity contribution in [2.75, 3.05) is 12.3 Å². The molecule has 2 unspecified atom stereocenters. The monoisotopic (exact) mass is 261 g/mol. The third kappa shape index (κ3) is 2.63. The fourth-order valence-corrected chi connectivity index (χ4v) is 3.67. The van der Waals surface area contributed by atoms with Crippen LogP contribution in [0.15, 0.2) is 24.3 Å². The lowest BCUT2D eigenvalue weighted by Gasteiger charge is -2.40. The number of aliphatic hydroxyl groups excluding tert-OH is 1. The van der Waals surface area contributed by atoms with Crippen molar-refractivity contribution in [3.05, 3.63) is 29.8 Å². The summed E-state index contributed by atoms with van der Waals surface area (Å²) in [5.74, 6) is 0.315. The molecular formula is C16H23NO2. The van der Waals surface area contributed by atoms with Crippen LogP contribution in [0.25, 0.3) is 0 Å². The van der Waals surface area contributed by atoms with Crippen LogP contribution < -0.4 is 5.73 Å². The van der Waals surface area contributed by atoms with E-state index in [9.17, 15) is 5.11 Å². The number of anilines is 1. The molecule has 2 fully saturated rings. The summed E-state index contributed by atoms with van der Waals surface area (Å²) in [4.78, 5) is 0. The molecule has 3 rings (SSSR count). The van der Waals surface area contributed by atoms with Crippen LogP contribution in [0.2, 0.25) is 0 Å². The molecule has 2 aliphatic rings. The zero-order valence-electron chi connectivity index (χ0n) is 11.3. The second-order valence-corrected chi connectivity index (χ2v) is 6.10. The highest BCUT2D eigenvalue weighted by Crippen LogP contribution is 2.45. The molecule has 1 spiro atoms. The van der Waals surface area contributed by atoms with Crippen LogP contribution in [-0.2, 0) is 4.74 Å². The van der Waals surface area contributed by atoms with Crippen LogP contribution in [0.4, 0.5) is 5.69 Å². The summed E-state index contributed by atoms with van der Waals surface area (Å²) < 4.78 is 6.03. The second-order valence-electron chi connectivity index (χ2n) is 6.10. The minimum absolute atomic E-state index is 0.0672. The first-order valence-corrected chi connectivity index (χ1v) is 7.36. The SMILES string of the molecule is Nc1ccc(C(O)C2CCOC3(CCCC3)C2)cc1. The van der Waals surface area contributed by atoms with Gasteiger partial charge in [-0.1, -0.05) is 25.0 Å². The Morgan fingerprint density at radius 3 is 2.58 bits per heavy atom. The number of nitrogens with two attached hydrogens (primary N) is 1. The Hall–Kier alpha value is -1.06. The Morgan fingerprint density at radius 1 is 1.21 bits per heavy atom. The van der Waals surface area contributed by atoms with E-state index in [0.29, 0.717) is 5.92 Å². The number of hydrogen-bond donors (Lipinski definition) is 2. The predicted molar refractivity (Wildman–Crippen MR) is 75.7 cm³/mol. The van der Waals surface area contributed by atoms with Crippen molar-refractivity contribution in [2.45, 2.75) is 50.2 Å². The molecule has 3 N–H and O–H groups in total. The maximum absolute atomic E-state index is 10.6. The molecule has 0 aromatic heterocycles. The van der Waals surface area contributed by atoms with E-state index in [1.807, 2.05) is 24.3 Å². The highest BCUT2D eigenvalue weighted by molar-refractivity contribution is 5.40. The van der Waals surface area contributed by atoms with Crippen molar-refractivity contribution in [1.82, 2.24) is 0 Å². The molecule has 19 heavy (non-hydrogen) atoms. The largest absolute Gasteiger partial charge is 0.399 e. The Morgan fingerprint density at radius 2 is 1.89 bits per heavy atom. The third-order valence-corrected chi connectivity index (χ3v) is 4.77. The molecule has 3 heteroatoms. The zero-order chi connectivity index (χ0) is 13.3. The number of hydrogen-bond acceptors (Lipinski definition) is 3. The van der Waals surface area contributed by atoms with Gasteiger partial charge in [-0.05, 0) is 49.3 Å². The van der Waals surface area contributed by atoms with Crippen molar-refractivity contribution in [3.63, 3.8) is 0 Å². The molecule has 2 atom stereocenters. The van der Waals surface area contributed by atoms with Crippen molar-refractivity contribution in [3.8, 4) is 0 Å². The van der Waals surface area contributed by atoms with Gasteiger partial charge in [0, 0.05) is 12.3 Å². The smallest absolute Gasteiger partial charge is 0.0820 e. The molecule has 1 aliphatic carbocycles. The maximum Gasteiger partial charge on any atom is 0.0820 e. The van der Waals surface area contributed by atoms with E-state index in [0.717, 1.165) is 43.5 Å². The van der Waals surface area contributed by atoms with Crippen LogP contribution in [0.5, 0.6) is 0 Å². The Kier molecular flexibility index (Phi) is 3.50. The van der Waals surface area contributed by atoms with Crippen LogP contribution >= 0.6 is 0 Å². The lowest BCUT2D eigenvalue weighted by Crippen LogP contribution is -2.39. The first-order valence-electron chi connectivity index (χ1n) is 7.36. The molecule has 1 heterocycles. The minimum atomic E-state index is -0.387. The van der Waals surface area contributed by atoms with E-state index in [4.69, 9.17) is 10.5 Å². The number of benzene rings is 1. The fourth-order valence-electron chi connectivity index (χ4n) is 3.67. The molecule has 0 amide bonds. The number of rotatable bonds is 2. The standard InChI is InChI=1S/C16H23NO2/c17-14-5-3-12(4-6-14)15(18)13-7-10-19-16(11-13)8-1-2-9-16/h3-6,13,15,18H,1-2,7-11,17H2. The van der Waals surface area contributed by atoms with Crippen molar-refractivity contribution in [2.24, 2.45) is 5.92 Å². The molecule has 1 saturated carbocycles. The van der Waals surface area contributed by atoms with Gasteiger partial charge in [0.05, 0.1) is 11.7 Å². The van der Waals surface area contributed by atoms with Crippen molar-refractivity contribution < 1.29 is 9.84 Å². The Bertz CT molecular complexity index is 423. The normalized spacial score (nSPS) is 27.5. The summed E-state index contributed by atoms with van der Waals surface area (Å²) in [7, 11) is 0. The summed E-state index contributed by atoms with van der Waals surface area (Å²) in [6.07, 6.45) is 6.43. The highest BCUT2D eigenvalue weighted by Gasteiger charge is 2.41. The summed E-state index contributed by atoms with van der Waals surface area (Å²) in [6.45, 7) is 0.788. The summed E-state index contributed by atoms with van der Waals surface area (Å²) >= 11 is 0. The van der Waals surface area contributed by atoms with Gasteiger partial charge in [0.1, 0.15) is 0 Å². The van der Waals surface area contributed by atoms with E-state index in [-0.39, 0.29) is 11.7 Å². The number of aliphatic hydroxyl groups is 1. The average Bonchev–Trinajstić information content (AvgIpc) is 2.87. The van der Waals surface area contributed by atoms with Gasteiger partial charge < -0.3 is 15.6 Å². The minimum Gasteiger partial charge on any atom is -0.399 e. The molecule has 104 valence electrons. The van der Waals surface area contributed by atoms with Gasteiger partial charge >= 0.3 is 0 Å². The first kappa shape index (κ1) is 12.9. The lowest BCUT2D eigenvalue weighted by molar-refractivity contribution is -0.113. The van der Waals surface area contributed by atoms with E-state index in [1.165, 1.54) is 12.8 Å². The van der Waals surface area contributed by atoms with Crippen LogP contribution in [0.3, 0.4) is 0 Å². The van der Waals surface area contributed by atoms with Gasteiger partial charge in [-0.15, -0.1) is 0 Å². The van der Waals surface area contributed by atoms with E-state index in [1.54, 1.807) is 0 Å². The first-order chi connectivity index (χ1) is 9.19. The fraction of sp³-hybridized carbons (Fsp3) is 0.625.